The van der Waals surface area contributed by atoms with Crippen LogP contribution in [0.3, 0.4) is 0 Å². The Labute approximate surface area is 177 Å². The minimum atomic E-state index is 0.182. The molecule has 0 bridgehead atoms. The Balaban J connectivity index is 1.55. The largest absolute Gasteiger partial charge is 0.491 e. The number of hydrogen-bond acceptors (Lipinski definition) is 3. The van der Waals surface area contributed by atoms with Crippen LogP contribution in [-0.4, -0.2) is 53.5 Å². The zero-order chi connectivity index (χ0) is 20.8. The first-order chi connectivity index (χ1) is 13.9. The summed E-state index contributed by atoms with van der Waals surface area (Å²) < 4.78 is 5.71. The fraction of sp³-hybridized carbons (Fsp3) is 0.720. The van der Waals surface area contributed by atoms with Gasteiger partial charge >= 0.3 is 0 Å². The number of hydrogen-bond donors (Lipinski definition) is 0. The molecule has 0 saturated carbocycles. The zero-order valence-electron chi connectivity index (χ0n) is 18.9. The van der Waals surface area contributed by atoms with Gasteiger partial charge in [-0.2, -0.15) is 0 Å². The summed E-state index contributed by atoms with van der Waals surface area (Å²) in [4.78, 5) is 17.9. The van der Waals surface area contributed by atoms with Crippen LogP contribution in [0.15, 0.2) is 24.3 Å². The normalized spacial score (nSPS) is 22.6. The van der Waals surface area contributed by atoms with Gasteiger partial charge in [0.2, 0.25) is 5.91 Å². The number of carbonyl (C=O) groups is 1. The topological polar surface area (TPSA) is 32.8 Å². The first-order valence-electron chi connectivity index (χ1n) is 11.7. The van der Waals surface area contributed by atoms with Gasteiger partial charge in [0, 0.05) is 25.0 Å². The number of amides is 1. The number of carbonyl (C=O) groups excluding carboxylic acids is 1. The molecule has 1 aromatic carbocycles. The van der Waals surface area contributed by atoms with Crippen LogP contribution in [0.5, 0.6) is 5.75 Å². The van der Waals surface area contributed by atoms with Gasteiger partial charge in [0.05, 0.1) is 6.10 Å². The molecular formula is C25H40N2O2. The molecule has 0 spiro atoms. The summed E-state index contributed by atoms with van der Waals surface area (Å²) in [5.41, 5.74) is 1.20. The van der Waals surface area contributed by atoms with Crippen LogP contribution < -0.4 is 4.74 Å². The second-order valence-corrected chi connectivity index (χ2v) is 9.45. The van der Waals surface area contributed by atoms with Crippen LogP contribution in [0.25, 0.3) is 0 Å². The lowest BCUT2D eigenvalue weighted by Crippen LogP contribution is -2.52. The SMILES string of the molecule is CC(C)Oc1ccc(CCC(=O)N(CC2CCCN3CCCCC23)C(C)C)cc1. The van der Waals surface area contributed by atoms with Crippen molar-refractivity contribution in [2.24, 2.45) is 5.92 Å². The van der Waals surface area contributed by atoms with Gasteiger partial charge in [0.25, 0.3) is 0 Å². The summed E-state index contributed by atoms with van der Waals surface area (Å²) in [6.07, 6.45) is 8.13. The average Bonchev–Trinajstić information content (AvgIpc) is 2.70. The fourth-order valence-corrected chi connectivity index (χ4v) is 5.05. The molecule has 2 unspecified atom stereocenters. The van der Waals surface area contributed by atoms with E-state index in [1.165, 1.54) is 50.8 Å². The van der Waals surface area contributed by atoms with Crippen molar-refractivity contribution in [1.29, 1.82) is 0 Å². The van der Waals surface area contributed by atoms with Crippen LogP contribution in [0, 0.1) is 5.92 Å². The van der Waals surface area contributed by atoms with Gasteiger partial charge in [-0.1, -0.05) is 18.6 Å². The first-order valence-corrected chi connectivity index (χ1v) is 11.7. The van der Waals surface area contributed by atoms with Crippen molar-refractivity contribution >= 4 is 5.91 Å². The van der Waals surface area contributed by atoms with Gasteiger partial charge in [0.1, 0.15) is 5.75 Å². The monoisotopic (exact) mass is 400 g/mol. The molecule has 4 heteroatoms. The third kappa shape index (κ3) is 6.21. The number of piperidine rings is 2. The molecule has 29 heavy (non-hydrogen) atoms. The van der Waals surface area contributed by atoms with E-state index in [1.54, 1.807) is 0 Å². The molecule has 2 atom stereocenters. The lowest BCUT2D eigenvalue weighted by atomic mass is 9.83. The number of nitrogens with zero attached hydrogens (tertiary/aromatic N) is 2. The molecule has 2 saturated heterocycles. The van der Waals surface area contributed by atoms with Gasteiger partial charge in [-0.25, -0.2) is 0 Å². The lowest BCUT2D eigenvalue weighted by Gasteiger charge is -2.46. The summed E-state index contributed by atoms with van der Waals surface area (Å²) in [6.45, 7) is 11.8. The third-order valence-corrected chi connectivity index (χ3v) is 6.53. The third-order valence-electron chi connectivity index (χ3n) is 6.53. The highest BCUT2D eigenvalue weighted by molar-refractivity contribution is 5.76. The van der Waals surface area contributed by atoms with E-state index in [-0.39, 0.29) is 12.1 Å². The van der Waals surface area contributed by atoms with E-state index >= 15 is 0 Å². The quantitative estimate of drug-likeness (QED) is 0.622. The molecule has 0 aromatic heterocycles. The summed E-state index contributed by atoms with van der Waals surface area (Å²) in [5, 5.41) is 0. The molecule has 162 valence electrons. The maximum Gasteiger partial charge on any atom is 0.223 e. The Morgan fingerprint density at radius 2 is 1.79 bits per heavy atom. The van der Waals surface area contributed by atoms with Gasteiger partial charge in [-0.05, 0) is 96.5 Å². The summed E-state index contributed by atoms with van der Waals surface area (Å²) in [6, 6.07) is 9.17. The molecule has 2 aliphatic rings. The Kier molecular flexibility index (Phi) is 7.99. The van der Waals surface area contributed by atoms with E-state index in [0.29, 0.717) is 24.3 Å². The number of benzene rings is 1. The minimum absolute atomic E-state index is 0.182. The van der Waals surface area contributed by atoms with Gasteiger partial charge in [-0.15, -0.1) is 0 Å². The minimum Gasteiger partial charge on any atom is -0.491 e. The highest BCUT2D eigenvalue weighted by Gasteiger charge is 2.35. The standard InChI is InChI=1S/C25H40N2O2/c1-19(2)27(18-22-8-7-17-26-16-6-5-9-24(22)26)25(28)15-12-21-10-13-23(14-11-21)29-20(3)4/h10-11,13-14,19-20,22,24H,5-9,12,15-18H2,1-4H3. The van der Waals surface area contributed by atoms with Gasteiger partial charge < -0.3 is 14.5 Å². The molecule has 1 amide bonds. The van der Waals surface area contributed by atoms with Crippen LogP contribution in [0.1, 0.15) is 71.8 Å². The van der Waals surface area contributed by atoms with E-state index in [4.69, 9.17) is 4.74 Å². The second kappa shape index (κ2) is 10.5. The van der Waals surface area contributed by atoms with Gasteiger partial charge in [-0.3, -0.25) is 4.79 Å². The summed E-state index contributed by atoms with van der Waals surface area (Å²) >= 11 is 0. The van der Waals surface area contributed by atoms with Crippen molar-refractivity contribution in [1.82, 2.24) is 9.80 Å². The van der Waals surface area contributed by atoms with Crippen molar-refractivity contribution in [3.63, 3.8) is 0 Å². The molecule has 0 N–H and O–H groups in total. The first kappa shape index (κ1) is 22.1. The molecule has 2 heterocycles. The Morgan fingerprint density at radius 3 is 2.48 bits per heavy atom. The van der Waals surface area contributed by atoms with Crippen molar-refractivity contribution in [2.75, 3.05) is 19.6 Å². The molecule has 2 aliphatic heterocycles. The fourth-order valence-electron chi connectivity index (χ4n) is 5.05. The van der Waals surface area contributed by atoms with Crippen LogP contribution >= 0.6 is 0 Å². The van der Waals surface area contributed by atoms with Crippen LogP contribution in [0.2, 0.25) is 0 Å². The van der Waals surface area contributed by atoms with Crippen LogP contribution in [-0.2, 0) is 11.2 Å². The van der Waals surface area contributed by atoms with Gasteiger partial charge in [0.15, 0.2) is 0 Å². The predicted octanol–water partition coefficient (Wildman–Crippen LogP) is 4.91. The number of ether oxygens (including phenoxy) is 1. The highest BCUT2D eigenvalue weighted by atomic mass is 16.5. The van der Waals surface area contributed by atoms with Crippen molar-refractivity contribution in [3.8, 4) is 5.75 Å². The van der Waals surface area contributed by atoms with Crippen molar-refractivity contribution in [2.45, 2.75) is 90.8 Å². The molecule has 0 aliphatic carbocycles. The molecule has 0 radical (unpaired) electrons. The lowest BCUT2D eigenvalue weighted by molar-refractivity contribution is -0.134. The maximum atomic E-state index is 13.1. The molecule has 4 nitrogen and oxygen atoms in total. The van der Waals surface area contributed by atoms with E-state index < -0.39 is 0 Å². The Morgan fingerprint density at radius 1 is 1.07 bits per heavy atom. The Bertz CT molecular complexity index is 639. The van der Waals surface area contributed by atoms with Crippen molar-refractivity contribution < 1.29 is 9.53 Å². The molecule has 2 fully saturated rings. The highest BCUT2D eigenvalue weighted by Crippen LogP contribution is 2.32. The van der Waals surface area contributed by atoms with E-state index in [0.717, 1.165) is 18.7 Å². The summed E-state index contributed by atoms with van der Waals surface area (Å²) in [5.74, 6) is 1.84. The van der Waals surface area contributed by atoms with E-state index in [2.05, 4.69) is 35.8 Å². The molecule has 1 aromatic rings. The number of fused-ring (bicyclic) bond motifs is 1. The predicted molar refractivity (Wildman–Crippen MR) is 119 cm³/mol. The van der Waals surface area contributed by atoms with Crippen molar-refractivity contribution in [3.05, 3.63) is 29.8 Å². The average molecular weight is 401 g/mol. The number of aryl methyl sites for hydroxylation is 1. The Hall–Kier alpha value is -1.55. The van der Waals surface area contributed by atoms with Crippen LogP contribution in [0.4, 0.5) is 0 Å². The summed E-state index contributed by atoms with van der Waals surface area (Å²) in [7, 11) is 0. The maximum absolute atomic E-state index is 13.1. The molecular weight excluding hydrogens is 360 g/mol. The molecule has 3 rings (SSSR count). The van der Waals surface area contributed by atoms with E-state index in [1.807, 2.05) is 26.0 Å². The smallest absolute Gasteiger partial charge is 0.223 e. The van der Waals surface area contributed by atoms with E-state index in [9.17, 15) is 4.79 Å². The second-order valence-electron chi connectivity index (χ2n) is 9.45. The zero-order valence-corrected chi connectivity index (χ0v) is 18.9. The number of rotatable bonds is 8.